The largest absolute Gasteiger partial charge is 0.481 e. The summed E-state index contributed by atoms with van der Waals surface area (Å²) in [5.41, 5.74) is 0. The summed E-state index contributed by atoms with van der Waals surface area (Å²) in [7, 11) is 0. The van der Waals surface area contributed by atoms with Crippen LogP contribution < -0.4 is 0 Å². The van der Waals surface area contributed by atoms with Crippen LogP contribution in [0.3, 0.4) is 0 Å². The number of carbonyl (C=O) groups is 1. The Morgan fingerprint density at radius 1 is 1.56 bits per heavy atom. The van der Waals surface area contributed by atoms with Crippen molar-refractivity contribution >= 4 is 33.2 Å². The van der Waals surface area contributed by atoms with Gasteiger partial charge in [-0.3, -0.25) is 4.79 Å². The van der Waals surface area contributed by atoms with Gasteiger partial charge in [0.1, 0.15) is 0 Å². The van der Waals surface area contributed by atoms with E-state index in [0.717, 1.165) is 23.7 Å². The minimum absolute atomic E-state index is 0.196. The Morgan fingerprint density at radius 3 is 2.89 bits per heavy atom. The molecule has 1 aromatic heterocycles. The highest BCUT2D eigenvalue weighted by Gasteiger charge is 2.37. The summed E-state index contributed by atoms with van der Waals surface area (Å²) < 4.78 is 1.08. The van der Waals surface area contributed by atoms with Crippen LogP contribution in [0.1, 0.15) is 49.8 Å². The normalized spacial score (nSPS) is 28.2. The molecule has 1 aliphatic carbocycles. The van der Waals surface area contributed by atoms with E-state index in [0.29, 0.717) is 5.92 Å². The van der Waals surface area contributed by atoms with Gasteiger partial charge in [0.25, 0.3) is 0 Å². The van der Waals surface area contributed by atoms with Crippen molar-refractivity contribution in [1.82, 2.24) is 0 Å². The van der Waals surface area contributed by atoms with Crippen LogP contribution in [0.2, 0.25) is 0 Å². The number of thiophene rings is 1. The number of halogens is 1. The average molecular weight is 331 g/mol. The van der Waals surface area contributed by atoms with E-state index in [4.69, 9.17) is 0 Å². The highest BCUT2D eigenvalue weighted by Crippen LogP contribution is 2.46. The van der Waals surface area contributed by atoms with Gasteiger partial charge in [0, 0.05) is 15.3 Å². The van der Waals surface area contributed by atoms with E-state index >= 15 is 0 Å². The third kappa shape index (κ3) is 2.97. The molecule has 1 aliphatic rings. The molecule has 1 aromatic rings. The molecule has 0 saturated heterocycles. The quantitative estimate of drug-likeness (QED) is 0.852. The second-order valence-corrected chi connectivity index (χ2v) is 6.95. The summed E-state index contributed by atoms with van der Waals surface area (Å²) in [5.74, 6) is 0.0649. The first-order valence-corrected chi connectivity index (χ1v) is 8.26. The van der Waals surface area contributed by atoms with E-state index in [-0.39, 0.29) is 11.8 Å². The van der Waals surface area contributed by atoms with E-state index < -0.39 is 5.97 Å². The first-order valence-electron chi connectivity index (χ1n) is 6.59. The highest BCUT2D eigenvalue weighted by molar-refractivity contribution is 9.10. The van der Waals surface area contributed by atoms with Gasteiger partial charge in [0.2, 0.25) is 0 Å². The lowest BCUT2D eigenvalue weighted by Gasteiger charge is -2.33. The van der Waals surface area contributed by atoms with Crippen LogP contribution >= 0.6 is 27.3 Å². The Morgan fingerprint density at radius 2 is 2.33 bits per heavy atom. The van der Waals surface area contributed by atoms with Crippen molar-refractivity contribution in [2.45, 2.75) is 44.9 Å². The summed E-state index contributed by atoms with van der Waals surface area (Å²) in [4.78, 5) is 12.7. The fraction of sp³-hybridized carbons (Fsp3) is 0.643. The molecule has 0 bridgehead atoms. The number of rotatable bonds is 4. The van der Waals surface area contributed by atoms with Crippen LogP contribution in [0, 0.1) is 11.8 Å². The molecular formula is C14H19BrO2S. The predicted octanol–water partition coefficient (Wildman–Crippen LogP) is 4.90. The minimum Gasteiger partial charge on any atom is -0.481 e. The van der Waals surface area contributed by atoms with Gasteiger partial charge < -0.3 is 5.11 Å². The van der Waals surface area contributed by atoms with Gasteiger partial charge in [-0.25, -0.2) is 0 Å². The monoisotopic (exact) mass is 330 g/mol. The fourth-order valence-electron chi connectivity index (χ4n) is 3.08. The molecule has 0 amide bonds. The molecule has 100 valence electrons. The minimum atomic E-state index is -0.629. The molecular weight excluding hydrogens is 312 g/mol. The maximum absolute atomic E-state index is 11.4. The van der Waals surface area contributed by atoms with Crippen molar-refractivity contribution in [2.24, 2.45) is 11.8 Å². The van der Waals surface area contributed by atoms with Gasteiger partial charge in [-0.2, -0.15) is 0 Å². The summed E-state index contributed by atoms with van der Waals surface area (Å²) in [5, 5.41) is 11.4. The smallest absolute Gasteiger partial charge is 0.307 e. The lowest BCUT2D eigenvalue weighted by atomic mass is 9.72. The summed E-state index contributed by atoms with van der Waals surface area (Å²) in [6, 6.07) is 2.03. The van der Waals surface area contributed by atoms with Crippen molar-refractivity contribution in [3.05, 3.63) is 20.8 Å². The Kier molecular flexibility index (Phi) is 4.84. The van der Waals surface area contributed by atoms with Crippen LogP contribution in [0.5, 0.6) is 0 Å². The topological polar surface area (TPSA) is 37.3 Å². The van der Waals surface area contributed by atoms with Gasteiger partial charge in [0.05, 0.1) is 5.92 Å². The second-order valence-electron chi connectivity index (χ2n) is 5.15. The van der Waals surface area contributed by atoms with E-state index in [2.05, 4.69) is 22.9 Å². The molecule has 4 heteroatoms. The number of carboxylic acid groups (broad SMARTS) is 1. The van der Waals surface area contributed by atoms with Crippen molar-refractivity contribution in [2.75, 3.05) is 0 Å². The Hall–Kier alpha value is -0.350. The standard InChI is InChI=1S/C14H19BrO2S/c1-2-3-9-4-5-10(14(16)17)11(8-9)13-12(15)6-7-18-13/h6-7,9-11H,2-5,8H2,1H3,(H,16,17). The molecule has 1 heterocycles. The summed E-state index contributed by atoms with van der Waals surface area (Å²) >= 11 is 5.24. The SMILES string of the molecule is CCCC1CCC(C(=O)O)C(c2sccc2Br)C1. The van der Waals surface area contributed by atoms with Crippen molar-refractivity contribution < 1.29 is 9.90 Å². The number of hydrogen-bond acceptors (Lipinski definition) is 2. The maximum atomic E-state index is 11.4. The first kappa shape index (κ1) is 14.1. The van der Waals surface area contributed by atoms with E-state index in [9.17, 15) is 9.90 Å². The third-order valence-corrected chi connectivity index (χ3v) is 5.96. The molecule has 0 spiro atoms. The number of aliphatic carboxylic acids is 1. The molecule has 3 atom stereocenters. The molecule has 18 heavy (non-hydrogen) atoms. The zero-order chi connectivity index (χ0) is 13.1. The van der Waals surface area contributed by atoms with Crippen molar-refractivity contribution in [1.29, 1.82) is 0 Å². The molecule has 0 aromatic carbocycles. The summed E-state index contributed by atoms with van der Waals surface area (Å²) in [6.45, 7) is 2.21. The molecule has 1 saturated carbocycles. The zero-order valence-corrected chi connectivity index (χ0v) is 13.0. The molecule has 0 radical (unpaired) electrons. The van der Waals surface area contributed by atoms with Gasteiger partial charge >= 0.3 is 5.97 Å². The average Bonchev–Trinajstić information content (AvgIpc) is 2.75. The lowest BCUT2D eigenvalue weighted by molar-refractivity contribution is -0.143. The first-order chi connectivity index (χ1) is 8.63. The maximum Gasteiger partial charge on any atom is 0.307 e. The van der Waals surface area contributed by atoms with Gasteiger partial charge in [-0.1, -0.05) is 19.8 Å². The van der Waals surface area contributed by atoms with Gasteiger partial charge in [0.15, 0.2) is 0 Å². The second kappa shape index (κ2) is 6.20. The van der Waals surface area contributed by atoms with Crippen LogP contribution in [0.15, 0.2) is 15.9 Å². The number of hydrogen-bond donors (Lipinski definition) is 1. The predicted molar refractivity (Wildman–Crippen MR) is 78.1 cm³/mol. The third-order valence-electron chi connectivity index (χ3n) is 3.95. The molecule has 3 unspecified atom stereocenters. The fourth-order valence-corrected chi connectivity index (χ4v) is 4.93. The Labute approximate surface area is 121 Å². The molecule has 1 fully saturated rings. The van der Waals surface area contributed by atoms with Crippen molar-refractivity contribution in [3.8, 4) is 0 Å². The van der Waals surface area contributed by atoms with Gasteiger partial charge in [-0.15, -0.1) is 11.3 Å². The molecule has 1 N–H and O–H groups in total. The van der Waals surface area contributed by atoms with E-state index in [1.54, 1.807) is 11.3 Å². The molecule has 2 rings (SSSR count). The van der Waals surface area contributed by atoms with Crippen molar-refractivity contribution in [3.63, 3.8) is 0 Å². The Bertz CT molecular complexity index is 416. The van der Waals surface area contributed by atoms with Gasteiger partial charge in [-0.05, 0) is 52.6 Å². The van der Waals surface area contributed by atoms with E-state index in [1.807, 2.05) is 11.4 Å². The molecule has 0 aliphatic heterocycles. The highest BCUT2D eigenvalue weighted by atomic mass is 79.9. The van der Waals surface area contributed by atoms with Crippen LogP contribution in [0.4, 0.5) is 0 Å². The summed E-state index contributed by atoms with van der Waals surface area (Å²) in [6.07, 6.45) is 5.36. The van der Waals surface area contributed by atoms with Crippen LogP contribution in [-0.4, -0.2) is 11.1 Å². The lowest BCUT2D eigenvalue weighted by Crippen LogP contribution is -2.29. The number of carboxylic acids is 1. The Balaban J connectivity index is 2.20. The molecule has 2 nitrogen and oxygen atoms in total. The van der Waals surface area contributed by atoms with E-state index in [1.165, 1.54) is 17.7 Å². The van der Waals surface area contributed by atoms with Crippen LogP contribution in [-0.2, 0) is 4.79 Å². The zero-order valence-electron chi connectivity index (χ0n) is 10.6. The van der Waals surface area contributed by atoms with Crippen LogP contribution in [0.25, 0.3) is 0 Å².